The fraction of sp³-hybridized carbons (Fsp3) is 0.581. The van der Waals surface area contributed by atoms with Crippen molar-refractivity contribution in [3.63, 3.8) is 0 Å². The zero-order chi connectivity index (χ0) is 37.9. The number of benzene rings is 1. The van der Waals surface area contributed by atoms with Crippen LogP contribution in [-0.2, 0) is 19.6 Å². The number of pyridine rings is 1. The van der Waals surface area contributed by atoms with Gasteiger partial charge in [-0.25, -0.2) is 13.6 Å². The summed E-state index contributed by atoms with van der Waals surface area (Å²) in [7, 11) is -4.55. The molecule has 280 valence electrons. The molecule has 0 spiro atoms. The Balaban J connectivity index is 1.50. The van der Waals surface area contributed by atoms with E-state index in [0.29, 0.717) is 62.5 Å². The fourth-order valence-electron chi connectivity index (χ4n) is 5.54. The second kappa shape index (κ2) is 15.0. The van der Waals surface area contributed by atoms with Gasteiger partial charge in [0.15, 0.2) is 5.75 Å². The molecule has 0 aliphatic carbocycles. The van der Waals surface area contributed by atoms with Crippen LogP contribution in [0, 0.1) is 11.3 Å². The number of amides is 3. The molecule has 51 heavy (non-hydrogen) atoms. The van der Waals surface area contributed by atoms with E-state index in [-0.39, 0.29) is 17.0 Å². The molecule has 1 unspecified atom stereocenters. The van der Waals surface area contributed by atoms with E-state index in [9.17, 15) is 50.0 Å². The summed E-state index contributed by atoms with van der Waals surface area (Å²) in [5.74, 6) is -6.75. The van der Waals surface area contributed by atoms with Gasteiger partial charge in [-0.1, -0.05) is 0 Å². The van der Waals surface area contributed by atoms with E-state index < -0.39 is 75.8 Å². The molecule has 4 rings (SSSR count). The maximum Gasteiger partial charge on any atom is 0.534 e. The quantitative estimate of drug-likeness (QED) is 0.215. The Hall–Kier alpha value is -4.51. The van der Waals surface area contributed by atoms with Crippen molar-refractivity contribution in [1.82, 2.24) is 25.0 Å². The second-order valence-corrected chi connectivity index (χ2v) is 14.7. The van der Waals surface area contributed by atoms with Crippen molar-refractivity contribution in [3.05, 3.63) is 30.0 Å². The number of hydrogen-bond donors (Lipinski definition) is 1. The molecule has 1 atom stereocenters. The highest BCUT2D eigenvalue weighted by molar-refractivity contribution is 7.88. The summed E-state index contributed by atoms with van der Waals surface area (Å²) >= 11 is 0. The van der Waals surface area contributed by atoms with Gasteiger partial charge in [-0.2, -0.15) is 26.9 Å². The van der Waals surface area contributed by atoms with Gasteiger partial charge in [0.05, 0.1) is 36.4 Å². The number of piperazine rings is 1. The Bertz CT molecular complexity index is 1790. The molecule has 14 nitrogen and oxygen atoms in total. The molecule has 2 aromatic rings. The highest BCUT2D eigenvalue weighted by Gasteiger charge is 2.49. The highest BCUT2D eigenvalue weighted by Crippen LogP contribution is 2.34. The lowest BCUT2D eigenvalue weighted by Crippen LogP contribution is -2.50. The van der Waals surface area contributed by atoms with Gasteiger partial charge in [-0.15, -0.1) is 0 Å². The number of halogens is 5. The van der Waals surface area contributed by atoms with Crippen LogP contribution < -0.4 is 14.4 Å². The SMILES string of the molecule is CN(CCCN1CCN(C(=O)OC(C)(C)C)CC1)c1ccc2ncc(OS(=O)(=O)C(F)(F)F)c(C(=O)NCC(=O)N3CC(F)(F)CC3C#N)c2c1. The molecule has 2 saturated heterocycles. The van der Waals surface area contributed by atoms with Crippen molar-refractivity contribution in [1.29, 1.82) is 5.26 Å². The Morgan fingerprint density at radius 3 is 2.41 bits per heavy atom. The lowest BCUT2D eigenvalue weighted by atomic mass is 10.1. The van der Waals surface area contributed by atoms with Crippen LogP contribution in [0.4, 0.5) is 32.4 Å². The third kappa shape index (κ3) is 9.84. The van der Waals surface area contributed by atoms with E-state index in [1.165, 1.54) is 12.1 Å². The summed E-state index contributed by atoms with van der Waals surface area (Å²) in [5.41, 5.74) is -6.63. The maximum atomic E-state index is 13.9. The second-order valence-electron chi connectivity index (χ2n) is 13.2. The minimum absolute atomic E-state index is 0.0620. The Labute approximate surface area is 291 Å². The smallest absolute Gasteiger partial charge is 0.444 e. The number of nitrogens with zero attached hydrogens (tertiary/aromatic N) is 6. The standard InChI is InChI=1S/C31H38F5N7O7S/c1-29(2,3)49-28(46)42-12-10-41(11-13-42)9-5-8-40(4)20-6-7-23-22(14-20)26(24(17-38-23)50-51(47,48)31(34,35)36)27(45)39-18-25(44)43-19-30(32,33)15-21(43)16-37/h6-7,14,17,21H,5,8-13,15,18-19H2,1-4H3,(H,39,45). The van der Waals surface area contributed by atoms with Crippen molar-refractivity contribution in [2.24, 2.45) is 0 Å². The normalized spacial score (nSPS) is 18.3. The van der Waals surface area contributed by atoms with Gasteiger partial charge in [-0.05, 0) is 51.9 Å². The van der Waals surface area contributed by atoms with E-state index >= 15 is 0 Å². The van der Waals surface area contributed by atoms with Crippen molar-refractivity contribution in [2.75, 3.05) is 64.3 Å². The first kappa shape index (κ1) is 39.3. The summed E-state index contributed by atoms with van der Waals surface area (Å²) in [4.78, 5) is 48.6. The third-order valence-corrected chi connectivity index (χ3v) is 9.06. The monoisotopic (exact) mass is 747 g/mol. The van der Waals surface area contributed by atoms with Crippen molar-refractivity contribution in [3.8, 4) is 11.8 Å². The van der Waals surface area contributed by atoms with Gasteiger partial charge < -0.3 is 28.9 Å². The molecule has 20 heteroatoms. The number of alkyl halides is 5. The maximum absolute atomic E-state index is 13.9. The average molecular weight is 748 g/mol. The van der Waals surface area contributed by atoms with Crippen LogP contribution in [0.15, 0.2) is 24.4 Å². The van der Waals surface area contributed by atoms with Crippen LogP contribution in [0.2, 0.25) is 0 Å². The van der Waals surface area contributed by atoms with E-state index in [0.717, 1.165) is 0 Å². The van der Waals surface area contributed by atoms with Crippen molar-refractivity contribution in [2.45, 2.75) is 56.7 Å². The topological polar surface area (TPSA) is 165 Å². The number of anilines is 1. The molecule has 1 aromatic carbocycles. The van der Waals surface area contributed by atoms with Crippen LogP contribution in [-0.4, -0.2) is 128 Å². The van der Waals surface area contributed by atoms with Crippen LogP contribution in [0.5, 0.6) is 5.75 Å². The molecular formula is C31H38F5N7O7S. The zero-order valence-corrected chi connectivity index (χ0v) is 29.1. The number of ether oxygens (including phenoxy) is 1. The van der Waals surface area contributed by atoms with Gasteiger partial charge >= 0.3 is 21.7 Å². The van der Waals surface area contributed by atoms with E-state index in [2.05, 4.69) is 19.4 Å². The highest BCUT2D eigenvalue weighted by atomic mass is 32.2. The number of nitrogens with one attached hydrogen (secondary N) is 1. The lowest BCUT2D eigenvalue weighted by Gasteiger charge is -2.35. The largest absolute Gasteiger partial charge is 0.534 e. The number of carbonyl (C=O) groups is 3. The first-order valence-electron chi connectivity index (χ1n) is 15.8. The number of nitriles is 1. The zero-order valence-electron chi connectivity index (χ0n) is 28.3. The predicted molar refractivity (Wildman–Crippen MR) is 172 cm³/mol. The molecule has 3 amide bonds. The molecule has 3 heterocycles. The Morgan fingerprint density at radius 2 is 1.80 bits per heavy atom. The van der Waals surface area contributed by atoms with Crippen LogP contribution in [0.3, 0.4) is 0 Å². The fourth-order valence-corrected chi connectivity index (χ4v) is 6.00. The minimum Gasteiger partial charge on any atom is -0.444 e. The molecule has 2 fully saturated rings. The number of hydrogen-bond acceptors (Lipinski definition) is 11. The Kier molecular flexibility index (Phi) is 11.5. The summed E-state index contributed by atoms with van der Waals surface area (Å²) in [6.07, 6.45) is -0.0187. The van der Waals surface area contributed by atoms with E-state index in [1.54, 1.807) is 49.8 Å². The minimum atomic E-state index is -6.27. The van der Waals surface area contributed by atoms with Crippen molar-refractivity contribution >= 4 is 44.6 Å². The third-order valence-electron chi connectivity index (χ3n) is 8.10. The number of rotatable bonds is 10. The summed E-state index contributed by atoms with van der Waals surface area (Å²) < 4.78 is 101. The first-order chi connectivity index (χ1) is 23.6. The molecular weight excluding hydrogens is 709 g/mol. The molecule has 0 bridgehead atoms. The van der Waals surface area contributed by atoms with Gasteiger partial charge in [0.25, 0.3) is 11.8 Å². The van der Waals surface area contributed by atoms with E-state index in [1.807, 2.05) is 0 Å². The summed E-state index contributed by atoms with van der Waals surface area (Å²) in [6.45, 7) is 6.77. The number of aromatic nitrogens is 1. The van der Waals surface area contributed by atoms with E-state index in [4.69, 9.17) is 4.74 Å². The van der Waals surface area contributed by atoms with Crippen LogP contribution in [0.1, 0.15) is 44.0 Å². The number of fused-ring (bicyclic) bond motifs is 1. The molecule has 1 N–H and O–H groups in total. The molecule has 2 aliphatic rings. The van der Waals surface area contributed by atoms with Crippen LogP contribution >= 0.6 is 0 Å². The molecule has 0 radical (unpaired) electrons. The number of carbonyl (C=O) groups excluding carboxylic acids is 3. The van der Waals surface area contributed by atoms with Crippen LogP contribution in [0.25, 0.3) is 10.9 Å². The van der Waals surface area contributed by atoms with Crippen molar-refractivity contribution < 1.29 is 53.7 Å². The summed E-state index contributed by atoms with van der Waals surface area (Å²) in [5, 5.41) is 11.2. The lowest BCUT2D eigenvalue weighted by molar-refractivity contribution is -0.131. The molecule has 0 saturated carbocycles. The molecule has 1 aromatic heterocycles. The van der Waals surface area contributed by atoms with Gasteiger partial charge in [0, 0.05) is 57.3 Å². The first-order valence-corrected chi connectivity index (χ1v) is 17.2. The summed E-state index contributed by atoms with van der Waals surface area (Å²) in [6, 6.07) is 4.58. The average Bonchev–Trinajstić information content (AvgIpc) is 3.36. The van der Waals surface area contributed by atoms with Gasteiger partial charge in [0.1, 0.15) is 11.6 Å². The van der Waals surface area contributed by atoms with Gasteiger partial charge in [0.2, 0.25) is 5.91 Å². The predicted octanol–water partition coefficient (Wildman–Crippen LogP) is 3.33. The Morgan fingerprint density at radius 1 is 1.14 bits per heavy atom. The number of likely N-dealkylation sites (tertiary alicyclic amines) is 1. The van der Waals surface area contributed by atoms with Gasteiger partial charge in [-0.3, -0.25) is 19.5 Å². The molecule has 2 aliphatic heterocycles.